The number of aromatic nitrogens is 1. The summed E-state index contributed by atoms with van der Waals surface area (Å²) in [6.07, 6.45) is 0.748. The number of hydrogen-bond donors (Lipinski definition) is 1. The van der Waals surface area contributed by atoms with Crippen LogP contribution in [0.2, 0.25) is 5.02 Å². The second kappa shape index (κ2) is 6.27. The summed E-state index contributed by atoms with van der Waals surface area (Å²) in [7, 11) is 0. The number of likely N-dealkylation sites (N-methyl/N-ethyl adjacent to an activating group) is 1. The van der Waals surface area contributed by atoms with E-state index in [9.17, 15) is 4.39 Å². The Kier molecular flexibility index (Phi) is 4.69. The lowest BCUT2D eigenvalue weighted by molar-refractivity contribution is 0.538. The molecule has 0 fully saturated rings. The van der Waals surface area contributed by atoms with Gasteiger partial charge in [0.15, 0.2) is 0 Å². The first-order valence-corrected chi connectivity index (χ1v) is 7.08. The van der Waals surface area contributed by atoms with Crippen LogP contribution in [-0.2, 0) is 6.42 Å². The average molecular weight is 285 g/mol. The van der Waals surface area contributed by atoms with E-state index in [1.54, 1.807) is 23.5 Å². The van der Waals surface area contributed by atoms with Crippen LogP contribution in [0.4, 0.5) is 4.39 Å². The van der Waals surface area contributed by atoms with Crippen LogP contribution in [0.5, 0.6) is 0 Å². The first-order chi connectivity index (χ1) is 8.70. The second-order valence-electron chi connectivity index (χ2n) is 3.98. The Morgan fingerprint density at radius 1 is 1.50 bits per heavy atom. The van der Waals surface area contributed by atoms with Gasteiger partial charge in [-0.1, -0.05) is 24.6 Å². The Morgan fingerprint density at radius 3 is 2.94 bits per heavy atom. The molecule has 2 aromatic rings. The Balaban J connectivity index is 2.16. The molecule has 18 heavy (non-hydrogen) atoms. The number of benzene rings is 1. The molecule has 0 aliphatic rings. The summed E-state index contributed by atoms with van der Waals surface area (Å²) in [6, 6.07) is 4.98. The zero-order valence-corrected chi connectivity index (χ0v) is 11.6. The van der Waals surface area contributed by atoms with Gasteiger partial charge in [-0.15, -0.1) is 11.3 Å². The SMILES string of the molecule is CCNC(Cc1ccc(F)c(Cl)c1)c1cscn1. The Morgan fingerprint density at radius 2 is 2.33 bits per heavy atom. The lowest BCUT2D eigenvalue weighted by atomic mass is 10.0. The van der Waals surface area contributed by atoms with E-state index in [0.717, 1.165) is 24.2 Å². The van der Waals surface area contributed by atoms with Gasteiger partial charge in [-0.25, -0.2) is 9.37 Å². The normalized spacial score (nSPS) is 12.6. The molecule has 96 valence electrons. The molecule has 0 saturated carbocycles. The van der Waals surface area contributed by atoms with Crippen LogP contribution in [0.1, 0.15) is 24.2 Å². The summed E-state index contributed by atoms with van der Waals surface area (Å²) in [5, 5.41) is 5.57. The Hall–Kier alpha value is -0.970. The molecular weight excluding hydrogens is 271 g/mol. The van der Waals surface area contributed by atoms with Crippen molar-refractivity contribution in [2.75, 3.05) is 6.54 Å². The third-order valence-electron chi connectivity index (χ3n) is 2.68. The number of nitrogens with zero attached hydrogens (tertiary/aromatic N) is 1. The molecule has 0 aliphatic heterocycles. The van der Waals surface area contributed by atoms with Crippen LogP contribution in [0, 0.1) is 5.82 Å². The molecule has 0 radical (unpaired) electrons. The van der Waals surface area contributed by atoms with Gasteiger partial charge in [0.25, 0.3) is 0 Å². The van der Waals surface area contributed by atoms with Gasteiger partial charge in [-0.3, -0.25) is 0 Å². The van der Waals surface area contributed by atoms with E-state index in [1.807, 2.05) is 10.9 Å². The van der Waals surface area contributed by atoms with E-state index in [2.05, 4.69) is 17.2 Å². The largest absolute Gasteiger partial charge is 0.309 e. The first kappa shape index (κ1) is 13.5. The Labute approximate surface area is 115 Å². The van der Waals surface area contributed by atoms with Crippen molar-refractivity contribution in [2.24, 2.45) is 0 Å². The molecule has 0 spiro atoms. The summed E-state index contributed by atoms with van der Waals surface area (Å²) in [4.78, 5) is 4.32. The summed E-state index contributed by atoms with van der Waals surface area (Å²) >= 11 is 7.36. The monoisotopic (exact) mass is 284 g/mol. The molecule has 2 rings (SSSR count). The number of thiazole rings is 1. The van der Waals surface area contributed by atoms with Crippen LogP contribution in [0.25, 0.3) is 0 Å². The van der Waals surface area contributed by atoms with Crippen molar-refractivity contribution in [3.05, 3.63) is 51.2 Å². The fourth-order valence-electron chi connectivity index (χ4n) is 1.82. The zero-order chi connectivity index (χ0) is 13.0. The van der Waals surface area contributed by atoms with E-state index in [1.165, 1.54) is 6.07 Å². The fraction of sp³-hybridized carbons (Fsp3) is 0.308. The van der Waals surface area contributed by atoms with Crippen LogP contribution in [-0.4, -0.2) is 11.5 Å². The third-order valence-corrected chi connectivity index (χ3v) is 3.58. The van der Waals surface area contributed by atoms with Crippen molar-refractivity contribution >= 4 is 22.9 Å². The third kappa shape index (κ3) is 3.28. The van der Waals surface area contributed by atoms with E-state index < -0.39 is 0 Å². The second-order valence-corrected chi connectivity index (χ2v) is 5.10. The van der Waals surface area contributed by atoms with Gasteiger partial charge in [0, 0.05) is 5.38 Å². The van der Waals surface area contributed by atoms with Gasteiger partial charge in [0.05, 0.1) is 22.3 Å². The molecule has 0 saturated heterocycles. The minimum Gasteiger partial charge on any atom is -0.309 e. The maximum Gasteiger partial charge on any atom is 0.141 e. The predicted molar refractivity (Wildman–Crippen MR) is 73.6 cm³/mol. The van der Waals surface area contributed by atoms with Crippen LogP contribution in [0.3, 0.4) is 0 Å². The van der Waals surface area contributed by atoms with Gasteiger partial charge in [-0.05, 0) is 30.7 Å². The molecule has 5 heteroatoms. The topological polar surface area (TPSA) is 24.9 Å². The zero-order valence-electron chi connectivity index (χ0n) is 9.99. The van der Waals surface area contributed by atoms with Crippen molar-refractivity contribution in [1.82, 2.24) is 10.3 Å². The predicted octanol–water partition coefficient (Wildman–Crippen LogP) is 3.83. The molecule has 1 N–H and O–H groups in total. The van der Waals surface area contributed by atoms with Crippen LogP contribution in [0.15, 0.2) is 29.1 Å². The van der Waals surface area contributed by atoms with E-state index in [-0.39, 0.29) is 16.9 Å². The molecule has 1 heterocycles. The summed E-state index contributed by atoms with van der Waals surface area (Å²) in [5.74, 6) is -0.380. The molecule has 1 atom stereocenters. The van der Waals surface area contributed by atoms with Gasteiger partial charge in [0.1, 0.15) is 5.82 Å². The number of rotatable bonds is 5. The van der Waals surface area contributed by atoms with Gasteiger partial charge in [0.2, 0.25) is 0 Å². The summed E-state index contributed by atoms with van der Waals surface area (Å²) in [6.45, 7) is 2.91. The summed E-state index contributed by atoms with van der Waals surface area (Å²) < 4.78 is 13.1. The van der Waals surface area contributed by atoms with Crippen molar-refractivity contribution in [1.29, 1.82) is 0 Å². The minimum atomic E-state index is -0.380. The van der Waals surface area contributed by atoms with Gasteiger partial charge < -0.3 is 5.32 Å². The maximum absolute atomic E-state index is 13.1. The molecular formula is C13H14ClFN2S. The van der Waals surface area contributed by atoms with E-state index in [0.29, 0.717) is 0 Å². The van der Waals surface area contributed by atoms with E-state index in [4.69, 9.17) is 11.6 Å². The summed E-state index contributed by atoms with van der Waals surface area (Å²) in [5.41, 5.74) is 3.83. The van der Waals surface area contributed by atoms with E-state index >= 15 is 0 Å². The number of halogens is 2. The molecule has 1 aromatic heterocycles. The van der Waals surface area contributed by atoms with Crippen molar-refractivity contribution < 1.29 is 4.39 Å². The fourth-order valence-corrected chi connectivity index (χ4v) is 2.64. The lowest BCUT2D eigenvalue weighted by Crippen LogP contribution is -2.23. The highest BCUT2D eigenvalue weighted by molar-refractivity contribution is 7.07. The number of hydrogen-bond acceptors (Lipinski definition) is 3. The van der Waals surface area contributed by atoms with Crippen molar-refractivity contribution in [3.63, 3.8) is 0 Å². The Bertz CT molecular complexity index is 502. The lowest BCUT2D eigenvalue weighted by Gasteiger charge is -2.16. The maximum atomic E-state index is 13.1. The highest BCUT2D eigenvalue weighted by Crippen LogP contribution is 2.22. The molecule has 0 aliphatic carbocycles. The highest BCUT2D eigenvalue weighted by atomic mass is 35.5. The smallest absolute Gasteiger partial charge is 0.141 e. The van der Waals surface area contributed by atoms with Crippen LogP contribution >= 0.6 is 22.9 Å². The molecule has 2 nitrogen and oxygen atoms in total. The standard InChI is InChI=1S/C13H14ClFN2S/c1-2-16-12(13-7-18-8-17-13)6-9-3-4-11(15)10(14)5-9/h3-5,7-8,12,16H,2,6H2,1H3. The van der Waals surface area contributed by atoms with Gasteiger partial charge in [-0.2, -0.15) is 0 Å². The molecule has 0 bridgehead atoms. The average Bonchev–Trinajstić information content (AvgIpc) is 2.87. The van der Waals surface area contributed by atoms with Crippen LogP contribution < -0.4 is 5.32 Å². The molecule has 0 amide bonds. The van der Waals surface area contributed by atoms with Crippen molar-refractivity contribution in [3.8, 4) is 0 Å². The first-order valence-electron chi connectivity index (χ1n) is 5.76. The van der Waals surface area contributed by atoms with Crippen molar-refractivity contribution in [2.45, 2.75) is 19.4 Å². The molecule has 1 unspecified atom stereocenters. The minimum absolute atomic E-state index is 0.141. The van der Waals surface area contributed by atoms with Gasteiger partial charge >= 0.3 is 0 Å². The highest BCUT2D eigenvalue weighted by Gasteiger charge is 2.13. The quantitative estimate of drug-likeness (QED) is 0.903. The molecule has 1 aromatic carbocycles. The number of nitrogens with one attached hydrogen (secondary N) is 1.